The van der Waals surface area contributed by atoms with E-state index in [4.69, 9.17) is 0 Å². The fourth-order valence-corrected chi connectivity index (χ4v) is 5.22. The zero-order chi connectivity index (χ0) is 16.9. The van der Waals surface area contributed by atoms with Crippen molar-refractivity contribution >= 4 is 5.69 Å². The summed E-state index contributed by atoms with van der Waals surface area (Å²) in [6.07, 6.45) is 11.6. The summed E-state index contributed by atoms with van der Waals surface area (Å²) in [6.45, 7) is 7.52. The van der Waals surface area contributed by atoms with Gasteiger partial charge in [0.2, 0.25) is 0 Å². The minimum Gasteiger partial charge on any atom is -0.369 e. The predicted molar refractivity (Wildman–Crippen MR) is 106 cm³/mol. The van der Waals surface area contributed by atoms with Crippen molar-refractivity contribution in [1.82, 2.24) is 9.80 Å². The lowest BCUT2D eigenvalue weighted by molar-refractivity contribution is 0.0624. The van der Waals surface area contributed by atoms with Gasteiger partial charge in [0, 0.05) is 50.5 Å². The Labute approximate surface area is 154 Å². The zero-order valence-corrected chi connectivity index (χ0v) is 15.8. The number of anilines is 1. The quantitative estimate of drug-likeness (QED) is 0.770. The van der Waals surface area contributed by atoms with E-state index in [2.05, 4.69) is 45.0 Å². The molecule has 0 unspecified atom stereocenters. The van der Waals surface area contributed by atoms with Gasteiger partial charge in [0.25, 0.3) is 0 Å². The van der Waals surface area contributed by atoms with Gasteiger partial charge in [-0.2, -0.15) is 0 Å². The first kappa shape index (κ1) is 17.4. The van der Waals surface area contributed by atoms with Crippen molar-refractivity contribution in [2.75, 3.05) is 44.2 Å². The summed E-state index contributed by atoms with van der Waals surface area (Å²) in [7, 11) is 0. The molecule has 0 amide bonds. The van der Waals surface area contributed by atoms with Crippen molar-refractivity contribution in [1.29, 1.82) is 0 Å². The molecule has 1 aromatic rings. The highest BCUT2D eigenvalue weighted by Gasteiger charge is 2.31. The normalized spacial score (nSPS) is 28.0. The second-order valence-corrected chi connectivity index (χ2v) is 8.29. The van der Waals surface area contributed by atoms with E-state index in [9.17, 15) is 0 Å². The van der Waals surface area contributed by atoms with E-state index in [1.807, 2.05) is 0 Å². The Bertz CT molecular complexity index is 501. The van der Waals surface area contributed by atoms with Crippen LogP contribution in [0.3, 0.4) is 0 Å². The Morgan fingerprint density at radius 3 is 2.00 bits per heavy atom. The molecule has 3 heteroatoms. The molecule has 2 aliphatic heterocycles. The minimum absolute atomic E-state index is 0.801. The van der Waals surface area contributed by atoms with E-state index in [0.29, 0.717) is 0 Å². The van der Waals surface area contributed by atoms with E-state index < -0.39 is 0 Å². The van der Waals surface area contributed by atoms with Gasteiger partial charge in [-0.15, -0.1) is 0 Å². The Balaban J connectivity index is 1.30. The lowest BCUT2D eigenvalue weighted by Crippen LogP contribution is -2.56. The average molecular weight is 342 g/mol. The second-order valence-electron chi connectivity index (χ2n) is 8.29. The summed E-state index contributed by atoms with van der Waals surface area (Å²) >= 11 is 0. The lowest BCUT2D eigenvalue weighted by atomic mass is 9.98. The molecule has 4 rings (SSSR count). The van der Waals surface area contributed by atoms with E-state index >= 15 is 0 Å². The topological polar surface area (TPSA) is 9.72 Å². The number of nitrogens with zero attached hydrogens (tertiary/aromatic N) is 3. The molecule has 25 heavy (non-hydrogen) atoms. The van der Waals surface area contributed by atoms with Crippen molar-refractivity contribution in [2.45, 2.75) is 63.5 Å². The van der Waals surface area contributed by atoms with Gasteiger partial charge >= 0.3 is 0 Å². The molecule has 3 aliphatic rings. The number of piperidine rings is 1. The van der Waals surface area contributed by atoms with Gasteiger partial charge in [-0.3, -0.25) is 9.80 Å². The first-order valence-electron chi connectivity index (χ1n) is 10.7. The summed E-state index contributed by atoms with van der Waals surface area (Å²) in [4.78, 5) is 8.22. The summed E-state index contributed by atoms with van der Waals surface area (Å²) in [5.74, 6) is 0. The molecule has 1 aromatic carbocycles. The Kier molecular flexibility index (Phi) is 5.94. The molecule has 1 aliphatic carbocycles. The standard InChI is InChI=1S/C22H35N3/c1-2-5-12-21(11-4-1)25-14-8-13-22(19-25)24-17-15-23(16-18-24)20-9-6-3-7-10-20/h3,6-7,9-10,21-22H,1-2,4-5,8,11-19H2/t22-/m0/s1. The highest BCUT2D eigenvalue weighted by Crippen LogP contribution is 2.27. The molecule has 0 bridgehead atoms. The van der Waals surface area contributed by atoms with Crippen molar-refractivity contribution in [3.05, 3.63) is 30.3 Å². The SMILES string of the molecule is c1ccc(N2CCN([C@H]3CCCN(C4CCCCCC4)C3)CC2)cc1. The van der Waals surface area contributed by atoms with Crippen LogP contribution in [0.1, 0.15) is 51.4 Å². The monoisotopic (exact) mass is 341 g/mol. The van der Waals surface area contributed by atoms with Gasteiger partial charge in [-0.1, -0.05) is 43.9 Å². The maximum absolute atomic E-state index is 2.86. The molecule has 2 heterocycles. The fourth-order valence-electron chi connectivity index (χ4n) is 5.22. The smallest absolute Gasteiger partial charge is 0.0367 e. The third-order valence-electron chi connectivity index (χ3n) is 6.72. The average Bonchev–Trinajstić information content (AvgIpc) is 2.99. The van der Waals surface area contributed by atoms with Gasteiger partial charge in [0.1, 0.15) is 0 Å². The predicted octanol–water partition coefficient (Wildman–Crippen LogP) is 4.00. The van der Waals surface area contributed by atoms with Gasteiger partial charge in [0.15, 0.2) is 0 Å². The van der Waals surface area contributed by atoms with Crippen LogP contribution in [0, 0.1) is 0 Å². The molecule has 3 fully saturated rings. The highest BCUT2D eigenvalue weighted by atomic mass is 15.3. The first-order valence-corrected chi connectivity index (χ1v) is 10.7. The molecule has 0 spiro atoms. The maximum Gasteiger partial charge on any atom is 0.0367 e. The first-order chi connectivity index (χ1) is 12.4. The fraction of sp³-hybridized carbons (Fsp3) is 0.727. The molecule has 138 valence electrons. The number of benzene rings is 1. The molecule has 0 N–H and O–H groups in total. The number of piperazine rings is 1. The van der Waals surface area contributed by atoms with Crippen LogP contribution in [-0.2, 0) is 0 Å². The molecule has 1 atom stereocenters. The third kappa shape index (κ3) is 4.38. The highest BCUT2D eigenvalue weighted by molar-refractivity contribution is 5.46. The summed E-state index contributed by atoms with van der Waals surface area (Å²) in [5, 5.41) is 0. The Hall–Kier alpha value is -1.06. The molecular formula is C22H35N3. The van der Waals surface area contributed by atoms with Crippen LogP contribution < -0.4 is 4.90 Å². The van der Waals surface area contributed by atoms with Gasteiger partial charge < -0.3 is 4.90 Å². The molecule has 0 radical (unpaired) electrons. The van der Waals surface area contributed by atoms with Crippen LogP contribution in [0.25, 0.3) is 0 Å². The van der Waals surface area contributed by atoms with E-state index in [1.165, 1.54) is 96.3 Å². The molecule has 2 saturated heterocycles. The molecular weight excluding hydrogens is 306 g/mol. The summed E-state index contributed by atoms with van der Waals surface area (Å²) < 4.78 is 0. The molecule has 0 aromatic heterocycles. The number of hydrogen-bond acceptors (Lipinski definition) is 3. The van der Waals surface area contributed by atoms with Gasteiger partial charge in [0.05, 0.1) is 0 Å². The summed E-state index contributed by atoms with van der Waals surface area (Å²) in [6, 6.07) is 12.6. The van der Waals surface area contributed by atoms with E-state index in [-0.39, 0.29) is 0 Å². The molecule has 1 saturated carbocycles. The van der Waals surface area contributed by atoms with Crippen LogP contribution in [0.15, 0.2) is 30.3 Å². The van der Waals surface area contributed by atoms with Crippen molar-refractivity contribution in [2.24, 2.45) is 0 Å². The largest absolute Gasteiger partial charge is 0.369 e. The molecule has 3 nitrogen and oxygen atoms in total. The lowest BCUT2D eigenvalue weighted by Gasteiger charge is -2.45. The van der Waals surface area contributed by atoms with Crippen LogP contribution in [0.5, 0.6) is 0 Å². The number of likely N-dealkylation sites (tertiary alicyclic amines) is 1. The Morgan fingerprint density at radius 1 is 0.600 bits per heavy atom. The third-order valence-corrected chi connectivity index (χ3v) is 6.72. The Morgan fingerprint density at radius 2 is 1.28 bits per heavy atom. The van der Waals surface area contributed by atoms with E-state index in [1.54, 1.807) is 0 Å². The number of hydrogen-bond donors (Lipinski definition) is 0. The van der Waals surface area contributed by atoms with Crippen LogP contribution in [-0.4, -0.2) is 61.2 Å². The van der Waals surface area contributed by atoms with Crippen molar-refractivity contribution in [3.8, 4) is 0 Å². The van der Waals surface area contributed by atoms with Crippen LogP contribution >= 0.6 is 0 Å². The second kappa shape index (κ2) is 8.55. The van der Waals surface area contributed by atoms with E-state index in [0.717, 1.165) is 12.1 Å². The maximum atomic E-state index is 2.86. The van der Waals surface area contributed by atoms with Crippen molar-refractivity contribution in [3.63, 3.8) is 0 Å². The van der Waals surface area contributed by atoms with Crippen LogP contribution in [0.2, 0.25) is 0 Å². The van der Waals surface area contributed by atoms with Gasteiger partial charge in [-0.25, -0.2) is 0 Å². The van der Waals surface area contributed by atoms with Gasteiger partial charge in [-0.05, 0) is 44.4 Å². The number of rotatable bonds is 3. The number of para-hydroxylation sites is 1. The summed E-state index contributed by atoms with van der Waals surface area (Å²) in [5.41, 5.74) is 1.39. The minimum atomic E-state index is 0.801. The van der Waals surface area contributed by atoms with Crippen molar-refractivity contribution < 1.29 is 0 Å². The zero-order valence-electron chi connectivity index (χ0n) is 15.8. The van der Waals surface area contributed by atoms with Crippen LogP contribution in [0.4, 0.5) is 5.69 Å².